The van der Waals surface area contributed by atoms with Crippen molar-refractivity contribution in [3.63, 3.8) is 0 Å². The Labute approximate surface area is 178 Å². The van der Waals surface area contributed by atoms with Crippen LogP contribution in [0.2, 0.25) is 0 Å². The Morgan fingerprint density at radius 3 is 2.58 bits per heavy atom. The molecule has 0 amide bonds. The molecule has 2 aromatic carbocycles. The highest BCUT2D eigenvalue weighted by Gasteiger charge is 2.36. The van der Waals surface area contributed by atoms with Crippen LogP contribution in [-0.2, 0) is 20.9 Å². The van der Waals surface area contributed by atoms with E-state index < -0.39 is 23.5 Å². The normalized spacial score (nSPS) is 15.9. The summed E-state index contributed by atoms with van der Waals surface area (Å²) in [6.45, 7) is 3.42. The van der Waals surface area contributed by atoms with Gasteiger partial charge in [-0.2, -0.15) is 9.65 Å². The zero-order chi connectivity index (χ0) is 22.5. The molecule has 0 aliphatic carbocycles. The van der Waals surface area contributed by atoms with Crippen molar-refractivity contribution in [1.82, 2.24) is 0 Å². The number of allylic oxidation sites excluding steroid dienone is 2. The van der Waals surface area contributed by atoms with Crippen LogP contribution in [0, 0.1) is 23.0 Å². The second-order valence-corrected chi connectivity index (χ2v) is 6.70. The summed E-state index contributed by atoms with van der Waals surface area (Å²) in [6, 6.07) is 12.5. The van der Waals surface area contributed by atoms with E-state index in [0.29, 0.717) is 11.1 Å². The van der Waals surface area contributed by atoms with Crippen LogP contribution in [0.5, 0.6) is 5.75 Å². The predicted octanol–water partition coefficient (Wildman–Crippen LogP) is 4.19. The molecular weight excluding hydrogens is 406 g/mol. The third kappa shape index (κ3) is 4.51. The van der Waals surface area contributed by atoms with Gasteiger partial charge in [-0.15, -0.1) is 0 Å². The highest BCUT2D eigenvalue weighted by molar-refractivity contribution is 5.92. The summed E-state index contributed by atoms with van der Waals surface area (Å²) in [5, 5.41) is 9.59. The van der Waals surface area contributed by atoms with Gasteiger partial charge in [-0.25, -0.2) is 9.18 Å². The third-order valence-corrected chi connectivity index (χ3v) is 4.72. The minimum absolute atomic E-state index is 0.00286. The monoisotopic (exact) mass is 426 g/mol. The molecule has 3 rings (SSSR count). The van der Waals surface area contributed by atoms with E-state index in [4.69, 9.17) is 19.9 Å². The summed E-state index contributed by atoms with van der Waals surface area (Å²) in [7, 11) is 0. The number of carbonyl (C=O) groups excluding carboxylic acids is 1. The van der Waals surface area contributed by atoms with Crippen molar-refractivity contribution >= 4 is 5.97 Å². The van der Waals surface area contributed by atoms with Gasteiger partial charge in [-0.1, -0.05) is 30.3 Å². The van der Waals surface area contributed by atoms with Gasteiger partial charge in [0.05, 0.1) is 18.1 Å². The molecule has 1 unspecified atom stereocenters. The lowest BCUT2D eigenvalue weighted by atomic mass is 9.83. The lowest BCUT2D eigenvalue weighted by Gasteiger charge is -2.27. The van der Waals surface area contributed by atoms with E-state index in [2.05, 4.69) is 0 Å². The van der Waals surface area contributed by atoms with Crippen molar-refractivity contribution in [3.8, 4) is 11.8 Å². The molecule has 0 fully saturated rings. The number of ether oxygens (including phenoxy) is 3. The number of esters is 1. The highest BCUT2D eigenvalue weighted by Crippen LogP contribution is 2.39. The summed E-state index contributed by atoms with van der Waals surface area (Å²) >= 11 is 0. The van der Waals surface area contributed by atoms with Crippen molar-refractivity contribution < 1.29 is 27.8 Å². The molecule has 2 aromatic rings. The summed E-state index contributed by atoms with van der Waals surface area (Å²) in [4.78, 5) is 12.5. The molecule has 1 aliphatic heterocycles. The SMILES string of the molecule is CCOC(=O)C1=C(C)OC(N)=C(C#N)C1c1ccc(COc2cccc(F)c2F)cc1. The van der Waals surface area contributed by atoms with Gasteiger partial charge in [-0.3, -0.25) is 0 Å². The molecule has 0 saturated carbocycles. The van der Waals surface area contributed by atoms with E-state index in [-0.39, 0.29) is 41.8 Å². The fraction of sp³-hybridized carbons (Fsp3) is 0.217. The van der Waals surface area contributed by atoms with Gasteiger partial charge in [0.15, 0.2) is 11.6 Å². The van der Waals surface area contributed by atoms with E-state index in [1.165, 1.54) is 12.1 Å². The van der Waals surface area contributed by atoms with Gasteiger partial charge in [0, 0.05) is 0 Å². The van der Waals surface area contributed by atoms with Gasteiger partial charge >= 0.3 is 5.97 Å². The van der Waals surface area contributed by atoms with Crippen LogP contribution in [0.4, 0.5) is 8.78 Å². The number of nitrogens with zero attached hydrogens (tertiary/aromatic N) is 1. The second-order valence-electron chi connectivity index (χ2n) is 6.70. The summed E-state index contributed by atoms with van der Waals surface area (Å²) in [5.41, 5.74) is 7.46. The minimum Gasteiger partial charge on any atom is -0.486 e. The maximum atomic E-state index is 13.7. The van der Waals surface area contributed by atoms with Crippen molar-refractivity contribution in [2.45, 2.75) is 26.4 Å². The number of nitriles is 1. The zero-order valence-corrected chi connectivity index (χ0v) is 16.9. The smallest absolute Gasteiger partial charge is 0.338 e. The molecule has 0 radical (unpaired) electrons. The minimum atomic E-state index is -1.06. The van der Waals surface area contributed by atoms with Gasteiger partial charge in [0.1, 0.15) is 24.0 Å². The number of hydrogen-bond acceptors (Lipinski definition) is 6. The van der Waals surface area contributed by atoms with E-state index in [1.807, 2.05) is 6.07 Å². The Hall–Kier alpha value is -3.86. The summed E-state index contributed by atoms with van der Waals surface area (Å²) in [6.07, 6.45) is 0. The largest absolute Gasteiger partial charge is 0.486 e. The first-order chi connectivity index (χ1) is 14.9. The van der Waals surface area contributed by atoms with Crippen LogP contribution in [0.1, 0.15) is 30.9 Å². The van der Waals surface area contributed by atoms with E-state index in [9.17, 15) is 18.8 Å². The first-order valence-corrected chi connectivity index (χ1v) is 9.48. The highest BCUT2D eigenvalue weighted by atomic mass is 19.2. The third-order valence-electron chi connectivity index (χ3n) is 4.72. The lowest BCUT2D eigenvalue weighted by molar-refractivity contribution is -0.139. The predicted molar refractivity (Wildman–Crippen MR) is 107 cm³/mol. The summed E-state index contributed by atoms with van der Waals surface area (Å²) < 4.78 is 42.9. The molecular formula is C23H20F2N2O4. The topological polar surface area (TPSA) is 94.6 Å². The molecule has 0 spiro atoms. The molecule has 0 saturated heterocycles. The first kappa shape index (κ1) is 21.8. The van der Waals surface area contributed by atoms with Gasteiger partial charge in [-0.05, 0) is 37.1 Å². The molecule has 1 heterocycles. The molecule has 0 bridgehead atoms. The maximum Gasteiger partial charge on any atom is 0.338 e. The lowest BCUT2D eigenvalue weighted by Crippen LogP contribution is -2.25. The Morgan fingerprint density at radius 1 is 1.23 bits per heavy atom. The fourth-order valence-corrected chi connectivity index (χ4v) is 3.25. The van der Waals surface area contributed by atoms with Crippen LogP contribution in [0.15, 0.2) is 65.3 Å². The van der Waals surface area contributed by atoms with Gasteiger partial charge < -0.3 is 19.9 Å². The van der Waals surface area contributed by atoms with Gasteiger partial charge in [0.2, 0.25) is 11.7 Å². The molecule has 1 atom stereocenters. The van der Waals surface area contributed by atoms with Crippen LogP contribution >= 0.6 is 0 Å². The number of carbonyl (C=O) groups is 1. The van der Waals surface area contributed by atoms with Crippen LogP contribution < -0.4 is 10.5 Å². The standard InChI is InChI=1S/C23H20F2N2O4/c1-3-29-23(28)19-13(2)31-22(27)16(11-26)20(19)15-9-7-14(8-10-15)12-30-18-6-4-5-17(24)21(18)25/h4-10,20H,3,12,27H2,1-2H3. The molecule has 1 aliphatic rings. The number of benzene rings is 2. The molecule has 31 heavy (non-hydrogen) atoms. The number of hydrogen-bond donors (Lipinski definition) is 1. The molecule has 6 nitrogen and oxygen atoms in total. The average Bonchev–Trinajstić information content (AvgIpc) is 2.75. The zero-order valence-electron chi connectivity index (χ0n) is 16.9. The van der Waals surface area contributed by atoms with E-state index in [1.54, 1.807) is 38.1 Å². The van der Waals surface area contributed by atoms with Crippen LogP contribution in [-0.4, -0.2) is 12.6 Å². The van der Waals surface area contributed by atoms with Crippen molar-refractivity contribution in [1.29, 1.82) is 5.26 Å². The molecule has 2 N–H and O–H groups in total. The number of rotatable bonds is 6. The Kier molecular flexibility index (Phi) is 6.55. The first-order valence-electron chi connectivity index (χ1n) is 9.48. The molecule has 160 valence electrons. The second kappa shape index (κ2) is 9.30. The fourth-order valence-electron chi connectivity index (χ4n) is 3.25. The average molecular weight is 426 g/mol. The van der Waals surface area contributed by atoms with Crippen LogP contribution in [0.25, 0.3) is 0 Å². The maximum absolute atomic E-state index is 13.7. The number of halogens is 2. The number of nitrogens with two attached hydrogens (primary N) is 1. The quantitative estimate of drug-likeness (QED) is 0.696. The van der Waals surface area contributed by atoms with E-state index in [0.717, 1.165) is 6.07 Å². The Morgan fingerprint density at radius 2 is 1.94 bits per heavy atom. The van der Waals surface area contributed by atoms with Crippen molar-refractivity contribution in [2.75, 3.05) is 6.61 Å². The van der Waals surface area contributed by atoms with Crippen molar-refractivity contribution in [2.24, 2.45) is 5.73 Å². The van der Waals surface area contributed by atoms with Crippen molar-refractivity contribution in [3.05, 3.63) is 88.0 Å². The van der Waals surface area contributed by atoms with Crippen LogP contribution in [0.3, 0.4) is 0 Å². The molecule has 8 heteroatoms. The van der Waals surface area contributed by atoms with E-state index >= 15 is 0 Å². The molecule has 0 aromatic heterocycles. The summed E-state index contributed by atoms with van der Waals surface area (Å²) in [5.74, 6) is -3.41. The Balaban J connectivity index is 1.87. The van der Waals surface area contributed by atoms with Gasteiger partial charge in [0.25, 0.3) is 0 Å². The Bertz CT molecular complexity index is 1100.